The number of fused-ring (bicyclic) bond motifs is 6. The summed E-state index contributed by atoms with van der Waals surface area (Å²) in [4.78, 5) is 0. The molecule has 8 rings (SSSR count). The molecule has 2 heterocycles. The van der Waals surface area contributed by atoms with Gasteiger partial charge >= 0.3 is 0 Å². The summed E-state index contributed by atoms with van der Waals surface area (Å²) in [7, 11) is -0.311. The largest absolute Gasteiger partial charge is 0.343 e. The van der Waals surface area contributed by atoms with E-state index in [-0.39, 0.29) is 0 Å². The molecular weight excluding hydrogens is 487 g/mol. The lowest BCUT2D eigenvalue weighted by atomic mass is 9.98. The highest BCUT2D eigenvalue weighted by atomic mass is 28.3. The highest BCUT2D eigenvalue weighted by Gasteiger charge is 2.48. The van der Waals surface area contributed by atoms with E-state index in [4.69, 9.17) is 0 Å². The molecule has 1 nitrogen and oxygen atoms in total. The molecule has 39 heavy (non-hydrogen) atoms. The highest BCUT2D eigenvalue weighted by molar-refractivity contribution is 7.22. The zero-order valence-corrected chi connectivity index (χ0v) is 22.8. The molecule has 6 aromatic carbocycles. The number of para-hydroxylation sites is 2. The highest BCUT2D eigenvalue weighted by Crippen LogP contribution is 2.37. The smallest absolute Gasteiger partial charge is 0.180 e. The molecule has 0 N–H and O–H groups in total. The maximum Gasteiger partial charge on any atom is 0.180 e. The molecule has 0 saturated heterocycles. The van der Waals surface area contributed by atoms with E-state index in [0.29, 0.717) is 0 Å². The molecule has 0 saturated carbocycles. The van der Waals surface area contributed by atoms with Crippen LogP contribution in [0.5, 0.6) is 0 Å². The fourth-order valence-electron chi connectivity index (χ4n) is 7.08. The van der Waals surface area contributed by atoms with Crippen LogP contribution in [-0.4, -0.2) is 12.6 Å². The molecule has 184 valence electrons. The summed E-state index contributed by atoms with van der Waals surface area (Å²) >= 11 is 0. The minimum absolute atomic E-state index is 1.27. The maximum absolute atomic E-state index is 2.52. The van der Waals surface area contributed by atoms with Crippen molar-refractivity contribution >= 4 is 50.6 Å². The van der Waals surface area contributed by atoms with Crippen molar-refractivity contribution in [2.24, 2.45) is 7.05 Å². The standard InChI is InChI=1S/C37H27NSi/c1-38-34-21-10-8-17-30(34)33-20-12-19-29(37(33)38)26-23-24-32-31-18-9-11-22-35(31)39(36(32)25-26,27-13-4-2-5-14-27)28-15-6-3-7-16-28/h2-25H,1H3. The van der Waals surface area contributed by atoms with E-state index in [1.807, 2.05) is 0 Å². The Morgan fingerprint density at radius 1 is 0.462 bits per heavy atom. The van der Waals surface area contributed by atoms with E-state index in [1.54, 1.807) is 0 Å². The van der Waals surface area contributed by atoms with Crippen molar-refractivity contribution in [1.82, 2.24) is 4.57 Å². The lowest BCUT2D eigenvalue weighted by Crippen LogP contribution is -2.72. The van der Waals surface area contributed by atoms with Gasteiger partial charge in [-0.25, -0.2) is 0 Å². The first-order chi connectivity index (χ1) is 19.3. The van der Waals surface area contributed by atoms with Gasteiger partial charge in [-0.15, -0.1) is 0 Å². The van der Waals surface area contributed by atoms with Gasteiger partial charge in [-0.05, 0) is 43.5 Å². The minimum Gasteiger partial charge on any atom is -0.343 e. The van der Waals surface area contributed by atoms with Crippen molar-refractivity contribution in [2.75, 3.05) is 0 Å². The summed E-state index contributed by atoms with van der Waals surface area (Å²) in [5, 5.41) is 8.45. The molecule has 7 aromatic rings. The minimum atomic E-state index is -2.51. The number of nitrogens with zero attached hydrogens (tertiary/aromatic N) is 1. The molecule has 0 bridgehead atoms. The van der Waals surface area contributed by atoms with Crippen LogP contribution in [0.25, 0.3) is 44.1 Å². The molecule has 0 spiro atoms. The third kappa shape index (κ3) is 3.01. The zero-order valence-electron chi connectivity index (χ0n) is 21.8. The van der Waals surface area contributed by atoms with Gasteiger partial charge in [-0.1, -0.05) is 140 Å². The molecule has 1 aliphatic rings. The van der Waals surface area contributed by atoms with Crippen LogP contribution in [-0.2, 0) is 7.05 Å². The Balaban J connectivity index is 1.48. The quantitative estimate of drug-likeness (QED) is 0.242. The molecule has 0 amide bonds. The molecule has 1 aromatic heterocycles. The van der Waals surface area contributed by atoms with E-state index < -0.39 is 8.07 Å². The number of hydrogen-bond acceptors (Lipinski definition) is 0. The molecule has 1 aliphatic heterocycles. The fraction of sp³-hybridized carbons (Fsp3) is 0.0270. The summed E-state index contributed by atoms with van der Waals surface area (Å²) in [6.07, 6.45) is 0. The number of benzene rings is 6. The Morgan fingerprint density at radius 3 is 1.82 bits per heavy atom. The molecule has 0 radical (unpaired) electrons. The third-order valence-electron chi connectivity index (χ3n) is 8.70. The lowest BCUT2D eigenvalue weighted by molar-refractivity contribution is 1.02. The molecule has 0 fully saturated rings. The van der Waals surface area contributed by atoms with Crippen molar-refractivity contribution in [3.63, 3.8) is 0 Å². The lowest BCUT2D eigenvalue weighted by Gasteiger charge is -2.31. The van der Waals surface area contributed by atoms with E-state index in [9.17, 15) is 0 Å². The van der Waals surface area contributed by atoms with Crippen LogP contribution in [0.15, 0.2) is 146 Å². The summed E-state index contributed by atoms with van der Waals surface area (Å²) in [6, 6.07) is 54.3. The SMILES string of the molecule is Cn1c2ccccc2c2cccc(-c3ccc4c(c3)[Si](c3ccccc3)(c3ccccc3)c3ccccc3-4)c21. The second kappa shape index (κ2) is 8.42. The van der Waals surface area contributed by atoms with Crippen molar-refractivity contribution in [2.45, 2.75) is 0 Å². The first-order valence-corrected chi connectivity index (χ1v) is 15.6. The van der Waals surface area contributed by atoms with Crippen LogP contribution in [0.1, 0.15) is 0 Å². The Kier molecular flexibility index (Phi) is 4.82. The van der Waals surface area contributed by atoms with Gasteiger partial charge in [0, 0.05) is 28.9 Å². The summed E-state index contributed by atoms with van der Waals surface area (Å²) < 4.78 is 2.36. The normalized spacial score (nSPS) is 13.5. The first kappa shape index (κ1) is 22.3. The third-order valence-corrected chi connectivity index (χ3v) is 13.6. The number of aryl methyl sites for hydroxylation is 1. The van der Waals surface area contributed by atoms with Gasteiger partial charge in [-0.3, -0.25) is 0 Å². The average molecular weight is 514 g/mol. The van der Waals surface area contributed by atoms with Crippen LogP contribution in [0.3, 0.4) is 0 Å². The molecular formula is C37H27NSi. The second-order valence-corrected chi connectivity index (χ2v) is 14.3. The van der Waals surface area contributed by atoms with Gasteiger partial charge in [0.1, 0.15) is 0 Å². The number of hydrogen-bond donors (Lipinski definition) is 0. The van der Waals surface area contributed by atoms with Crippen molar-refractivity contribution in [1.29, 1.82) is 0 Å². The van der Waals surface area contributed by atoms with Gasteiger partial charge in [0.2, 0.25) is 0 Å². The molecule has 0 aliphatic carbocycles. The Morgan fingerprint density at radius 2 is 1.05 bits per heavy atom. The number of aromatic nitrogens is 1. The van der Waals surface area contributed by atoms with Crippen molar-refractivity contribution in [3.05, 3.63) is 146 Å². The predicted octanol–water partition coefficient (Wildman–Crippen LogP) is 6.36. The van der Waals surface area contributed by atoms with E-state index in [0.717, 1.165) is 0 Å². The van der Waals surface area contributed by atoms with Crippen LogP contribution in [0.4, 0.5) is 0 Å². The monoisotopic (exact) mass is 513 g/mol. The van der Waals surface area contributed by atoms with Gasteiger partial charge < -0.3 is 4.57 Å². The van der Waals surface area contributed by atoms with Crippen LogP contribution in [0.2, 0.25) is 0 Å². The van der Waals surface area contributed by atoms with Crippen LogP contribution >= 0.6 is 0 Å². The van der Waals surface area contributed by atoms with E-state index in [2.05, 4.69) is 157 Å². The maximum atomic E-state index is 2.52. The zero-order chi connectivity index (χ0) is 26.0. The van der Waals surface area contributed by atoms with Gasteiger partial charge in [0.25, 0.3) is 0 Å². The Hall–Kier alpha value is -4.66. The van der Waals surface area contributed by atoms with Gasteiger partial charge in [0.05, 0.1) is 5.52 Å². The first-order valence-electron chi connectivity index (χ1n) is 13.6. The molecule has 0 unspecified atom stereocenters. The van der Waals surface area contributed by atoms with Crippen molar-refractivity contribution in [3.8, 4) is 22.3 Å². The fourth-order valence-corrected chi connectivity index (χ4v) is 12.3. The summed E-state index contributed by atoms with van der Waals surface area (Å²) in [5.41, 5.74) is 7.88. The Bertz CT molecular complexity index is 1980. The predicted molar refractivity (Wildman–Crippen MR) is 168 cm³/mol. The van der Waals surface area contributed by atoms with Gasteiger partial charge in [0.15, 0.2) is 8.07 Å². The van der Waals surface area contributed by atoms with E-state index >= 15 is 0 Å². The van der Waals surface area contributed by atoms with Crippen LogP contribution < -0.4 is 20.7 Å². The Labute approximate surface area is 229 Å². The second-order valence-electron chi connectivity index (χ2n) is 10.6. The van der Waals surface area contributed by atoms with Crippen LogP contribution in [0, 0.1) is 0 Å². The van der Waals surface area contributed by atoms with Crippen molar-refractivity contribution < 1.29 is 0 Å². The molecule has 0 atom stereocenters. The topological polar surface area (TPSA) is 4.93 Å². The number of rotatable bonds is 3. The summed E-state index contributed by atoms with van der Waals surface area (Å²) in [5.74, 6) is 0. The molecule has 2 heteroatoms. The summed E-state index contributed by atoms with van der Waals surface area (Å²) in [6.45, 7) is 0. The average Bonchev–Trinajstić information content (AvgIpc) is 3.48. The van der Waals surface area contributed by atoms with E-state index in [1.165, 1.54) is 64.8 Å². The van der Waals surface area contributed by atoms with Gasteiger partial charge in [-0.2, -0.15) is 0 Å².